The summed E-state index contributed by atoms with van der Waals surface area (Å²) in [5, 5.41) is 4.71. The molecular weight excluding hydrogens is 442 g/mol. The fourth-order valence-corrected chi connectivity index (χ4v) is 3.74. The smallest absolute Gasteiger partial charge is 0.410 e. The number of rotatable bonds is 4. The van der Waals surface area contributed by atoms with Gasteiger partial charge < -0.3 is 24.3 Å². The first-order chi connectivity index (χ1) is 16.1. The molecule has 0 radical (unpaired) electrons. The number of carbonyl (C=O) groups is 3. The van der Waals surface area contributed by atoms with E-state index in [4.69, 9.17) is 9.47 Å². The normalized spacial score (nSPS) is 14.4. The van der Waals surface area contributed by atoms with E-state index in [0.717, 1.165) is 0 Å². The molecule has 3 aromatic rings. The van der Waals surface area contributed by atoms with Crippen LogP contribution in [0.1, 0.15) is 37.0 Å². The van der Waals surface area contributed by atoms with Crippen LogP contribution in [-0.4, -0.2) is 91.2 Å². The number of H-pyrrole nitrogens is 1. The van der Waals surface area contributed by atoms with Gasteiger partial charge in [0.1, 0.15) is 23.5 Å². The lowest BCUT2D eigenvalue weighted by atomic mass is 10.1. The number of aromatic nitrogens is 5. The number of pyridine rings is 1. The summed E-state index contributed by atoms with van der Waals surface area (Å²) < 4.78 is 12.3. The predicted molar refractivity (Wildman–Crippen MR) is 121 cm³/mol. The van der Waals surface area contributed by atoms with E-state index in [9.17, 15) is 14.4 Å². The van der Waals surface area contributed by atoms with Crippen molar-refractivity contribution in [3.63, 3.8) is 0 Å². The third kappa shape index (κ3) is 4.43. The van der Waals surface area contributed by atoms with E-state index < -0.39 is 23.4 Å². The van der Waals surface area contributed by atoms with Gasteiger partial charge in [-0.25, -0.2) is 19.4 Å². The van der Waals surface area contributed by atoms with E-state index in [1.807, 2.05) is 0 Å². The number of aryl methyl sites for hydroxylation is 1. The summed E-state index contributed by atoms with van der Waals surface area (Å²) in [4.78, 5) is 53.0. The summed E-state index contributed by atoms with van der Waals surface area (Å²) >= 11 is 0. The van der Waals surface area contributed by atoms with Crippen LogP contribution < -0.4 is 4.74 Å². The average molecular weight is 470 g/mol. The minimum atomic E-state index is -0.679. The second-order valence-electron chi connectivity index (χ2n) is 8.93. The molecule has 1 N–H and O–H groups in total. The third-order valence-corrected chi connectivity index (χ3v) is 5.36. The zero-order chi connectivity index (χ0) is 24.6. The molecule has 180 valence electrons. The third-order valence-electron chi connectivity index (χ3n) is 5.36. The number of ether oxygens (including phenoxy) is 2. The van der Waals surface area contributed by atoms with Crippen molar-refractivity contribution in [2.45, 2.75) is 33.3 Å². The van der Waals surface area contributed by atoms with Gasteiger partial charge in [-0.1, -0.05) is 0 Å². The van der Waals surface area contributed by atoms with Crippen molar-refractivity contribution in [3.8, 4) is 11.6 Å². The summed E-state index contributed by atoms with van der Waals surface area (Å²) in [6.45, 7) is 8.16. The van der Waals surface area contributed by atoms with Gasteiger partial charge in [-0.3, -0.25) is 9.59 Å². The zero-order valence-electron chi connectivity index (χ0n) is 19.8. The molecule has 0 aromatic carbocycles. The Balaban J connectivity index is 1.55. The molecule has 2 amide bonds. The van der Waals surface area contributed by atoms with Gasteiger partial charge in [0.05, 0.1) is 29.8 Å². The Hall–Kier alpha value is -3.96. The van der Waals surface area contributed by atoms with Crippen LogP contribution >= 0.6 is 0 Å². The van der Waals surface area contributed by atoms with Crippen molar-refractivity contribution in [3.05, 3.63) is 30.1 Å². The highest BCUT2D eigenvalue weighted by Gasteiger charge is 2.32. The van der Waals surface area contributed by atoms with E-state index in [1.54, 1.807) is 27.7 Å². The maximum Gasteiger partial charge on any atom is 0.410 e. The highest BCUT2D eigenvalue weighted by atomic mass is 16.6. The van der Waals surface area contributed by atoms with Gasteiger partial charge >= 0.3 is 6.09 Å². The molecule has 0 unspecified atom stereocenters. The Kier molecular flexibility index (Phi) is 5.98. The summed E-state index contributed by atoms with van der Waals surface area (Å²) in [6, 6.07) is 0. The monoisotopic (exact) mass is 469 g/mol. The second-order valence-corrected chi connectivity index (χ2v) is 8.93. The van der Waals surface area contributed by atoms with Crippen molar-refractivity contribution in [2.75, 3.05) is 33.3 Å². The molecule has 4 heterocycles. The lowest BCUT2D eigenvalue weighted by Gasteiger charge is -2.35. The van der Waals surface area contributed by atoms with E-state index in [2.05, 4.69) is 20.1 Å². The van der Waals surface area contributed by atoms with Crippen LogP contribution in [-0.2, 0) is 9.53 Å². The number of methoxy groups -OCH3 is 1. The quantitative estimate of drug-likeness (QED) is 0.451. The lowest BCUT2D eigenvalue weighted by molar-refractivity contribution is -0.128. The second kappa shape index (κ2) is 8.76. The van der Waals surface area contributed by atoms with Crippen LogP contribution in [0.4, 0.5) is 4.79 Å². The minimum absolute atomic E-state index is 0.173. The standard InChI is InChI=1S/C22H27N7O5/c1-13-25-12-29(26-13)19-17-16(15(33-5)11-24-19)14(10-23-17)18(30)20(31)27-6-8-28(9-7-27)21(32)34-22(2,3)4/h10-12,23H,6-9H2,1-5H3. The van der Waals surface area contributed by atoms with E-state index >= 15 is 0 Å². The number of nitrogens with zero attached hydrogens (tertiary/aromatic N) is 6. The summed E-state index contributed by atoms with van der Waals surface area (Å²) in [6.07, 6.45) is 4.03. The zero-order valence-corrected chi connectivity index (χ0v) is 19.8. The maximum atomic E-state index is 13.2. The molecule has 12 heteroatoms. The first-order valence-electron chi connectivity index (χ1n) is 10.8. The first kappa shape index (κ1) is 23.2. The van der Waals surface area contributed by atoms with E-state index in [1.165, 1.54) is 40.3 Å². The molecule has 0 aliphatic carbocycles. The summed E-state index contributed by atoms with van der Waals surface area (Å²) in [7, 11) is 1.47. The topological polar surface area (TPSA) is 136 Å². The highest BCUT2D eigenvalue weighted by molar-refractivity contribution is 6.45. The number of fused-ring (bicyclic) bond motifs is 1. The molecule has 1 fully saturated rings. The van der Waals surface area contributed by atoms with Crippen molar-refractivity contribution < 1.29 is 23.9 Å². The molecule has 0 spiro atoms. The van der Waals surface area contributed by atoms with E-state index in [-0.39, 0.29) is 31.7 Å². The highest BCUT2D eigenvalue weighted by Crippen LogP contribution is 2.31. The molecule has 4 rings (SSSR count). The first-order valence-corrected chi connectivity index (χ1v) is 10.8. The SMILES string of the molecule is COc1cnc(-n2cnc(C)n2)c2[nH]cc(C(=O)C(=O)N3CCN(C(=O)OC(C)(C)C)CC3)c12. The fourth-order valence-electron chi connectivity index (χ4n) is 3.74. The summed E-state index contributed by atoms with van der Waals surface area (Å²) in [5.41, 5.74) is 0.0644. The largest absolute Gasteiger partial charge is 0.494 e. The number of carbonyl (C=O) groups excluding carboxylic acids is 3. The van der Waals surface area contributed by atoms with E-state index in [0.29, 0.717) is 28.3 Å². The Labute approximate surface area is 195 Å². The number of aromatic amines is 1. The molecule has 1 aliphatic heterocycles. The number of hydrogen-bond donors (Lipinski definition) is 1. The Morgan fingerprint density at radius 2 is 1.74 bits per heavy atom. The Morgan fingerprint density at radius 3 is 2.32 bits per heavy atom. The van der Waals surface area contributed by atoms with Crippen LogP contribution in [0.2, 0.25) is 0 Å². The Bertz CT molecular complexity index is 1250. The van der Waals surface area contributed by atoms with Crippen molar-refractivity contribution in [2.24, 2.45) is 0 Å². The molecule has 3 aromatic heterocycles. The van der Waals surface area contributed by atoms with Crippen LogP contribution in [0.25, 0.3) is 16.7 Å². The molecule has 34 heavy (non-hydrogen) atoms. The predicted octanol–water partition coefficient (Wildman–Crippen LogP) is 1.72. The van der Waals surface area contributed by atoms with Gasteiger partial charge in [0.2, 0.25) is 0 Å². The van der Waals surface area contributed by atoms with Crippen molar-refractivity contribution in [1.29, 1.82) is 0 Å². The molecule has 0 bridgehead atoms. The number of ketones is 1. The molecule has 0 atom stereocenters. The molecule has 1 aliphatic rings. The van der Waals surface area contributed by atoms with Gasteiger partial charge in [-0.05, 0) is 27.7 Å². The van der Waals surface area contributed by atoms with Crippen LogP contribution in [0.3, 0.4) is 0 Å². The number of Topliss-reactive ketones (excluding diaryl/α,β-unsaturated/α-hetero) is 1. The van der Waals surface area contributed by atoms with Crippen LogP contribution in [0, 0.1) is 6.92 Å². The van der Waals surface area contributed by atoms with Crippen molar-refractivity contribution in [1.82, 2.24) is 34.5 Å². The fraction of sp³-hybridized carbons (Fsp3) is 0.455. The van der Waals surface area contributed by atoms with Gasteiger partial charge in [0.25, 0.3) is 11.7 Å². The summed E-state index contributed by atoms with van der Waals surface area (Å²) in [5.74, 6) is 0.00914. The van der Waals surface area contributed by atoms with Crippen LogP contribution in [0.15, 0.2) is 18.7 Å². The average Bonchev–Trinajstić information content (AvgIpc) is 3.43. The maximum absolute atomic E-state index is 13.2. The molecule has 1 saturated heterocycles. The number of amides is 2. The van der Waals surface area contributed by atoms with Gasteiger partial charge in [0, 0.05) is 32.4 Å². The van der Waals surface area contributed by atoms with Crippen LogP contribution in [0.5, 0.6) is 5.75 Å². The molecule has 12 nitrogen and oxygen atoms in total. The van der Waals surface area contributed by atoms with Crippen molar-refractivity contribution >= 4 is 28.7 Å². The molecule has 0 saturated carbocycles. The van der Waals surface area contributed by atoms with Gasteiger partial charge in [-0.15, -0.1) is 0 Å². The van der Waals surface area contributed by atoms with Gasteiger partial charge in [0.15, 0.2) is 5.82 Å². The lowest BCUT2D eigenvalue weighted by Crippen LogP contribution is -2.53. The minimum Gasteiger partial charge on any atom is -0.494 e. The Morgan fingerprint density at radius 1 is 1.06 bits per heavy atom. The van der Waals surface area contributed by atoms with Gasteiger partial charge in [-0.2, -0.15) is 5.10 Å². The number of hydrogen-bond acceptors (Lipinski definition) is 8. The molecular formula is C22H27N7O5. The number of piperazine rings is 1. The number of nitrogens with one attached hydrogen (secondary N) is 1.